The van der Waals surface area contributed by atoms with Crippen LogP contribution in [0, 0.1) is 6.92 Å². The van der Waals surface area contributed by atoms with Crippen LogP contribution in [0.3, 0.4) is 0 Å². The van der Waals surface area contributed by atoms with E-state index in [2.05, 4.69) is 240 Å². The zero-order valence-corrected chi connectivity index (χ0v) is 39.9. The van der Waals surface area contributed by atoms with Crippen LogP contribution in [0.4, 0.5) is 34.3 Å². The van der Waals surface area contributed by atoms with Crippen LogP contribution in [0.1, 0.15) is 136 Å². The summed E-state index contributed by atoms with van der Waals surface area (Å²) in [6.07, 6.45) is 2.32. The molecule has 3 nitrogen and oxygen atoms in total. The first-order chi connectivity index (χ1) is 29.0. The van der Waals surface area contributed by atoms with E-state index in [0.29, 0.717) is 0 Å². The number of benzene rings is 6. The van der Waals surface area contributed by atoms with Gasteiger partial charge in [0.05, 0.1) is 11.4 Å². The molecular formula is C59H68N2O. The smallest absolute Gasteiger partial charge is 0.205 e. The molecular weight excluding hydrogens is 753 g/mol. The lowest BCUT2D eigenvalue weighted by Crippen LogP contribution is -2.33. The Labute approximate surface area is 372 Å². The van der Waals surface area contributed by atoms with Crippen molar-refractivity contribution in [3.05, 3.63) is 167 Å². The molecule has 7 aromatic rings. The van der Waals surface area contributed by atoms with Crippen LogP contribution in [0.5, 0.6) is 0 Å². The van der Waals surface area contributed by atoms with E-state index in [1.807, 2.05) is 0 Å². The minimum absolute atomic E-state index is 0.0347. The number of furan rings is 1. The maximum atomic E-state index is 7.17. The third-order valence-electron chi connectivity index (χ3n) is 13.4. The summed E-state index contributed by atoms with van der Waals surface area (Å²) in [6, 6.07) is 50.1. The van der Waals surface area contributed by atoms with Crippen LogP contribution in [-0.4, -0.2) is 0 Å². The summed E-state index contributed by atoms with van der Waals surface area (Å²) in [6.45, 7) is 32.3. The van der Waals surface area contributed by atoms with Crippen molar-refractivity contribution in [3.63, 3.8) is 0 Å². The van der Waals surface area contributed by atoms with Crippen molar-refractivity contribution in [3.8, 4) is 11.1 Å². The molecule has 0 amide bonds. The van der Waals surface area contributed by atoms with Crippen molar-refractivity contribution >= 4 is 45.3 Å². The van der Waals surface area contributed by atoms with E-state index in [-0.39, 0.29) is 27.1 Å². The van der Waals surface area contributed by atoms with Crippen LogP contribution in [0.15, 0.2) is 138 Å². The topological polar surface area (TPSA) is 19.6 Å². The Kier molecular flexibility index (Phi) is 10.7. The van der Waals surface area contributed by atoms with Crippen molar-refractivity contribution in [2.24, 2.45) is 0 Å². The molecule has 0 fully saturated rings. The van der Waals surface area contributed by atoms with Gasteiger partial charge in [-0.15, -0.1) is 0 Å². The maximum Gasteiger partial charge on any atom is 0.205 e. The number of hydrogen-bond acceptors (Lipinski definition) is 3. The Balaban J connectivity index is 1.39. The first-order valence-electron chi connectivity index (χ1n) is 22.7. The predicted molar refractivity (Wildman–Crippen MR) is 267 cm³/mol. The fourth-order valence-electron chi connectivity index (χ4n) is 9.30. The van der Waals surface area contributed by atoms with Gasteiger partial charge in [-0.25, -0.2) is 0 Å². The Morgan fingerprint density at radius 2 is 0.952 bits per heavy atom. The number of rotatable bonds is 7. The first-order valence-corrected chi connectivity index (χ1v) is 22.7. The van der Waals surface area contributed by atoms with E-state index in [1.54, 1.807) is 0 Å². The van der Waals surface area contributed by atoms with Gasteiger partial charge in [0.2, 0.25) is 5.88 Å². The van der Waals surface area contributed by atoms with Gasteiger partial charge in [0, 0.05) is 34.1 Å². The number of fused-ring (bicyclic) bond motifs is 2. The summed E-state index contributed by atoms with van der Waals surface area (Å²) in [7, 11) is 0. The van der Waals surface area contributed by atoms with Crippen molar-refractivity contribution in [2.75, 3.05) is 9.80 Å². The molecule has 0 unspecified atom stereocenters. The van der Waals surface area contributed by atoms with Crippen LogP contribution in [0.2, 0.25) is 0 Å². The first kappa shape index (κ1) is 43.1. The van der Waals surface area contributed by atoms with Gasteiger partial charge in [-0.05, 0) is 153 Å². The van der Waals surface area contributed by atoms with Gasteiger partial charge in [0.15, 0.2) is 0 Å². The molecule has 0 aliphatic heterocycles. The standard InChI is InChI=1S/C59H68N2O/c1-39-32-47(60(45-25-20-42(21-26-45)55(2,3)4)46-27-22-43(23-28-46)56(5,6)7)37-48(33-39)61(52-29-24-44(57(8,9)10)36-49(52)40-18-16-15-17-19-40)54-35-41-34-50-51(38-53(41)62-54)59(13,14)31-30-58(50,11)12/h15-29,32-38H,30-31H2,1-14H3. The van der Waals surface area contributed by atoms with Crippen LogP contribution in [0.25, 0.3) is 22.1 Å². The van der Waals surface area contributed by atoms with Crippen LogP contribution in [-0.2, 0) is 27.1 Å². The van der Waals surface area contributed by atoms with E-state index in [1.165, 1.54) is 33.4 Å². The van der Waals surface area contributed by atoms with Gasteiger partial charge in [-0.2, -0.15) is 0 Å². The second-order valence-electron chi connectivity index (χ2n) is 22.4. The van der Waals surface area contributed by atoms with E-state index >= 15 is 0 Å². The number of anilines is 6. The van der Waals surface area contributed by atoms with Gasteiger partial charge in [-0.1, -0.05) is 151 Å². The molecule has 0 saturated carbocycles. The fourth-order valence-corrected chi connectivity index (χ4v) is 9.30. The van der Waals surface area contributed by atoms with Gasteiger partial charge < -0.3 is 9.32 Å². The average molecular weight is 821 g/mol. The third kappa shape index (κ3) is 8.36. The maximum absolute atomic E-state index is 7.17. The van der Waals surface area contributed by atoms with E-state index in [4.69, 9.17) is 4.42 Å². The fraction of sp³-hybridized carbons (Fsp3) is 0.356. The number of aryl methyl sites for hydroxylation is 1. The van der Waals surface area contributed by atoms with Crippen molar-refractivity contribution in [1.29, 1.82) is 0 Å². The summed E-state index contributed by atoms with van der Waals surface area (Å²) >= 11 is 0. The lowest BCUT2D eigenvalue weighted by atomic mass is 9.63. The van der Waals surface area contributed by atoms with Gasteiger partial charge >= 0.3 is 0 Å². The molecule has 6 aromatic carbocycles. The lowest BCUT2D eigenvalue weighted by Gasteiger charge is -2.41. The molecule has 0 bridgehead atoms. The normalized spacial score (nSPS) is 15.1. The zero-order valence-electron chi connectivity index (χ0n) is 39.9. The van der Waals surface area contributed by atoms with Gasteiger partial charge in [0.25, 0.3) is 0 Å². The van der Waals surface area contributed by atoms with Gasteiger partial charge in [-0.3, -0.25) is 4.90 Å². The Morgan fingerprint density at radius 1 is 0.468 bits per heavy atom. The Morgan fingerprint density at radius 3 is 1.47 bits per heavy atom. The SMILES string of the molecule is Cc1cc(N(c2ccc(C(C)(C)C)cc2)c2ccc(C(C)(C)C)cc2)cc(N(c2cc3cc4c(cc3o2)C(C)(C)CCC4(C)C)c2ccc(C(C)(C)C)cc2-c2ccccc2)c1. The average Bonchev–Trinajstić information content (AvgIpc) is 3.62. The largest absolute Gasteiger partial charge is 0.440 e. The molecule has 0 saturated heterocycles. The van der Waals surface area contributed by atoms with Crippen LogP contribution < -0.4 is 9.80 Å². The molecule has 3 heteroatoms. The molecule has 1 aliphatic rings. The van der Waals surface area contributed by atoms with E-state index in [9.17, 15) is 0 Å². The molecule has 0 N–H and O–H groups in total. The summed E-state index contributed by atoms with van der Waals surface area (Å²) in [4.78, 5) is 4.77. The van der Waals surface area contributed by atoms with E-state index < -0.39 is 0 Å². The zero-order chi connectivity index (χ0) is 44.6. The van der Waals surface area contributed by atoms with Gasteiger partial charge in [0.1, 0.15) is 5.58 Å². The number of nitrogens with zero attached hydrogens (tertiary/aromatic N) is 2. The summed E-state index contributed by atoms with van der Waals surface area (Å²) < 4.78 is 7.17. The minimum Gasteiger partial charge on any atom is -0.440 e. The Hall–Kier alpha value is -5.54. The molecule has 1 aliphatic carbocycles. The highest BCUT2D eigenvalue weighted by molar-refractivity contribution is 5.93. The lowest BCUT2D eigenvalue weighted by molar-refractivity contribution is 0.332. The number of hydrogen-bond donors (Lipinski definition) is 0. The molecule has 0 radical (unpaired) electrons. The summed E-state index contributed by atoms with van der Waals surface area (Å²) in [5, 5.41) is 1.13. The quantitative estimate of drug-likeness (QED) is 0.160. The summed E-state index contributed by atoms with van der Waals surface area (Å²) in [5.41, 5.74) is 16.8. The molecule has 8 rings (SSSR count). The molecule has 0 atom stereocenters. The molecule has 320 valence electrons. The third-order valence-corrected chi connectivity index (χ3v) is 13.4. The van der Waals surface area contributed by atoms with E-state index in [0.717, 1.165) is 69.3 Å². The highest BCUT2D eigenvalue weighted by Gasteiger charge is 2.38. The highest BCUT2D eigenvalue weighted by atomic mass is 16.4. The Bertz CT molecular complexity index is 2620. The second kappa shape index (κ2) is 15.4. The molecule has 0 spiro atoms. The van der Waals surface area contributed by atoms with Crippen molar-refractivity contribution in [2.45, 2.75) is 137 Å². The highest BCUT2D eigenvalue weighted by Crippen LogP contribution is 2.50. The second-order valence-corrected chi connectivity index (χ2v) is 22.4. The minimum atomic E-state index is -0.0347. The molecule has 1 aromatic heterocycles. The predicted octanol–water partition coefficient (Wildman–Crippen LogP) is 17.6. The van der Waals surface area contributed by atoms with Crippen molar-refractivity contribution in [1.82, 2.24) is 0 Å². The monoisotopic (exact) mass is 821 g/mol. The van der Waals surface area contributed by atoms with Crippen LogP contribution >= 0.6 is 0 Å². The summed E-state index contributed by atoms with van der Waals surface area (Å²) in [5.74, 6) is 0.797. The van der Waals surface area contributed by atoms with Crippen molar-refractivity contribution < 1.29 is 4.42 Å². The molecule has 1 heterocycles. The molecule has 62 heavy (non-hydrogen) atoms.